The van der Waals surface area contributed by atoms with Gasteiger partial charge in [-0.25, -0.2) is 4.79 Å². The number of guanidine groups is 1. The van der Waals surface area contributed by atoms with Crippen LogP contribution in [-0.4, -0.2) is 54.8 Å². The molecule has 0 aliphatic carbocycles. The van der Waals surface area contributed by atoms with Crippen molar-refractivity contribution in [3.05, 3.63) is 0 Å². The Morgan fingerprint density at radius 1 is 1.09 bits per heavy atom. The standard InChI is InChI=1S/C15H32N4O2S.HI/c1-8-16-12(19-11-15(5,6)22-7)17-9-10-18-13(20)21-14(2,3)4;/h8-11H2,1-7H3,(H,18,20)(H2,16,17,19);1H. The van der Waals surface area contributed by atoms with E-state index in [1.54, 1.807) is 11.8 Å². The molecule has 1 amide bonds. The van der Waals surface area contributed by atoms with Gasteiger partial charge < -0.3 is 20.7 Å². The van der Waals surface area contributed by atoms with Gasteiger partial charge in [0.05, 0.1) is 6.54 Å². The SMILES string of the molecule is CCNC(=NCC(C)(C)SC)NCCNC(=O)OC(C)(C)C.I. The third-order valence-corrected chi connectivity index (χ3v) is 3.83. The minimum absolute atomic E-state index is 0. The molecule has 0 saturated heterocycles. The van der Waals surface area contributed by atoms with Gasteiger partial charge in [0.15, 0.2) is 5.96 Å². The Morgan fingerprint density at radius 2 is 1.65 bits per heavy atom. The summed E-state index contributed by atoms with van der Waals surface area (Å²) < 4.78 is 5.28. The summed E-state index contributed by atoms with van der Waals surface area (Å²) in [6.45, 7) is 14.5. The smallest absolute Gasteiger partial charge is 0.407 e. The monoisotopic (exact) mass is 460 g/mol. The van der Waals surface area contributed by atoms with Crippen LogP contribution in [0.25, 0.3) is 0 Å². The highest BCUT2D eigenvalue weighted by Crippen LogP contribution is 2.20. The number of halogens is 1. The number of hydrogen-bond donors (Lipinski definition) is 3. The number of aliphatic imine (C=N–C) groups is 1. The van der Waals surface area contributed by atoms with Gasteiger partial charge in [-0.05, 0) is 47.8 Å². The van der Waals surface area contributed by atoms with Crippen LogP contribution in [0.1, 0.15) is 41.5 Å². The van der Waals surface area contributed by atoms with Crippen LogP contribution in [0.2, 0.25) is 0 Å². The third kappa shape index (κ3) is 14.9. The lowest BCUT2D eigenvalue weighted by molar-refractivity contribution is 0.0529. The second kappa shape index (κ2) is 12.0. The zero-order valence-electron chi connectivity index (χ0n) is 15.4. The van der Waals surface area contributed by atoms with Gasteiger partial charge in [-0.3, -0.25) is 4.99 Å². The van der Waals surface area contributed by atoms with Crippen LogP contribution in [0.4, 0.5) is 4.79 Å². The minimum Gasteiger partial charge on any atom is -0.444 e. The number of carbonyl (C=O) groups excluding carboxylic acids is 1. The van der Waals surface area contributed by atoms with Gasteiger partial charge in [0.1, 0.15) is 5.60 Å². The van der Waals surface area contributed by atoms with Gasteiger partial charge in [-0.2, -0.15) is 11.8 Å². The Kier molecular flexibility index (Phi) is 13.0. The van der Waals surface area contributed by atoms with E-state index in [9.17, 15) is 4.79 Å². The van der Waals surface area contributed by atoms with Crippen molar-refractivity contribution in [1.29, 1.82) is 0 Å². The number of carbonyl (C=O) groups is 1. The lowest BCUT2D eigenvalue weighted by Crippen LogP contribution is -2.43. The van der Waals surface area contributed by atoms with Crippen LogP contribution in [0.3, 0.4) is 0 Å². The molecule has 0 aliphatic rings. The molecule has 0 saturated carbocycles. The van der Waals surface area contributed by atoms with Crippen molar-refractivity contribution in [3.63, 3.8) is 0 Å². The predicted octanol–water partition coefficient (Wildman–Crippen LogP) is 2.83. The van der Waals surface area contributed by atoms with E-state index in [4.69, 9.17) is 4.74 Å². The molecule has 0 aliphatic heterocycles. The van der Waals surface area contributed by atoms with Crippen molar-refractivity contribution < 1.29 is 9.53 Å². The van der Waals surface area contributed by atoms with E-state index < -0.39 is 11.7 Å². The topological polar surface area (TPSA) is 74.8 Å². The Balaban J connectivity index is 0. The molecule has 0 heterocycles. The maximum Gasteiger partial charge on any atom is 0.407 e. The lowest BCUT2D eigenvalue weighted by atomic mass is 10.2. The third-order valence-electron chi connectivity index (χ3n) is 2.60. The molecular weight excluding hydrogens is 427 g/mol. The van der Waals surface area contributed by atoms with Crippen LogP contribution < -0.4 is 16.0 Å². The highest BCUT2D eigenvalue weighted by Gasteiger charge is 2.16. The summed E-state index contributed by atoms with van der Waals surface area (Å²) in [6, 6.07) is 0. The largest absolute Gasteiger partial charge is 0.444 e. The summed E-state index contributed by atoms with van der Waals surface area (Å²) in [5.41, 5.74) is -0.475. The van der Waals surface area contributed by atoms with Gasteiger partial charge in [0, 0.05) is 24.4 Å². The van der Waals surface area contributed by atoms with E-state index >= 15 is 0 Å². The predicted molar refractivity (Wildman–Crippen MR) is 111 cm³/mol. The van der Waals surface area contributed by atoms with E-state index in [-0.39, 0.29) is 28.7 Å². The molecule has 0 aromatic carbocycles. The van der Waals surface area contributed by atoms with E-state index in [0.29, 0.717) is 13.1 Å². The second-order valence-corrected chi connectivity index (χ2v) is 8.03. The first-order chi connectivity index (χ1) is 10.1. The van der Waals surface area contributed by atoms with Crippen LogP contribution in [0, 0.1) is 0 Å². The second-order valence-electron chi connectivity index (χ2n) is 6.51. The van der Waals surface area contributed by atoms with Gasteiger partial charge in [-0.1, -0.05) is 0 Å². The molecule has 6 nitrogen and oxygen atoms in total. The highest BCUT2D eigenvalue weighted by molar-refractivity contribution is 14.0. The lowest BCUT2D eigenvalue weighted by Gasteiger charge is -2.21. The summed E-state index contributed by atoms with van der Waals surface area (Å²) in [4.78, 5) is 16.1. The summed E-state index contributed by atoms with van der Waals surface area (Å²) in [7, 11) is 0. The van der Waals surface area contributed by atoms with Crippen LogP contribution in [0.15, 0.2) is 4.99 Å². The molecule has 0 bridgehead atoms. The van der Waals surface area contributed by atoms with Crippen molar-refractivity contribution in [1.82, 2.24) is 16.0 Å². The molecular formula is C15H33IN4O2S. The van der Waals surface area contributed by atoms with Gasteiger partial charge in [-0.15, -0.1) is 24.0 Å². The van der Waals surface area contributed by atoms with Crippen molar-refractivity contribution in [2.45, 2.75) is 51.9 Å². The fourth-order valence-electron chi connectivity index (χ4n) is 1.34. The molecule has 0 aromatic heterocycles. The van der Waals surface area contributed by atoms with Gasteiger partial charge >= 0.3 is 6.09 Å². The maximum atomic E-state index is 11.5. The van der Waals surface area contributed by atoms with Crippen LogP contribution >= 0.6 is 35.7 Å². The summed E-state index contributed by atoms with van der Waals surface area (Å²) in [5, 5.41) is 9.10. The number of hydrogen-bond acceptors (Lipinski definition) is 4. The van der Waals surface area contributed by atoms with Crippen molar-refractivity contribution >= 4 is 47.8 Å². The van der Waals surface area contributed by atoms with Crippen molar-refractivity contribution in [2.24, 2.45) is 4.99 Å². The molecule has 3 N–H and O–H groups in total. The zero-order chi connectivity index (χ0) is 17.2. The maximum absolute atomic E-state index is 11.5. The molecule has 0 spiro atoms. The quantitative estimate of drug-likeness (QED) is 0.236. The first-order valence-electron chi connectivity index (χ1n) is 7.64. The first kappa shape index (κ1) is 24.9. The number of nitrogens with zero attached hydrogens (tertiary/aromatic N) is 1. The Bertz CT molecular complexity index is 371. The molecule has 0 aromatic rings. The summed E-state index contributed by atoms with van der Waals surface area (Å²) in [5.74, 6) is 0.760. The normalized spacial score (nSPS) is 12.2. The van der Waals surface area contributed by atoms with Gasteiger partial charge in [0.25, 0.3) is 0 Å². The summed E-state index contributed by atoms with van der Waals surface area (Å²) in [6.07, 6.45) is 1.68. The van der Waals surface area contributed by atoms with E-state index in [0.717, 1.165) is 19.0 Å². The van der Waals surface area contributed by atoms with E-state index in [1.165, 1.54) is 0 Å². The van der Waals surface area contributed by atoms with Crippen molar-refractivity contribution in [2.75, 3.05) is 32.4 Å². The Hall–Kier alpha value is -0.380. The number of rotatable bonds is 7. The average molecular weight is 460 g/mol. The number of ether oxygens (including phenoxy) is 1. The van der Waals surface area contributed by atoms with E-state index in [1.807, 2.05) is 27.7 Å². The fraction of sp³-hybridized carbons (Fsp3) is 0.867. The molecule has 0 radical (unpaired) electrons. The molecule has 0 atom stereocenters. The first-order valence-corrected chi connectivity index (χ1v) is 8.86. The molecule has 0 rings (SSSR count). The Morgan fingerprint density at radius 3 is 2.13 bits per heavy atom. The number of nitrogens with one attached hydrogen (secondary N) is 3. The van der Waals surface area contributed by atoms with Crippen LogP contribution in [0.5, 0.6) is 0 Å². The van der Waals surface area contributed by atoms with Crippen LogP contribution in [-0.2, 0) is 4.74 Å². The van der Waals surface area contributed by atoms with E-state index in [2.05, 4.69) is 41.0 Å². The average Bonchev–Trinajstić information content (AvgIpc) is 2.39. The number of thioether (sulfide) groups is 1. The number of amides is 1. The molecule has 23 heavy (non-hydrogen) atoms. The number of alkyl carbamates (subject to hydrolysis) is 1. The zero-order valence-corrected chi connectivity index (χ0v) is 18.6. The fourth-order valence-corrected chi connectivity index (χ4v) is 1.53. The van der Waals surface area contributed by atoms with Gasteiger partial charge in [0.2, 0.25) is 0 Å². The molecule has 0 fully saturated rings. The highest BCUT2D eigenvalue weighted by atomic mass is 127. The Labute approximate surface area is 162 Å². The summed E-state index contributed by atoms with van der Waals surface area (Å²) >= 11 is 1.79. The molecule has 138 valence electrons. The minimum atomic E-state index is -0.475. The van der Waals surface area contributed by atoms with Crippen molar-refractivity contribution in [3.8, 4) is 0 Å². The molecule has 0 unspecified atom stereocenters. The molecule has 8 heteroatoms.